The maximum Gasteiger partial charge on any atom is 0.349 e. The van der Waals surface area contributed by atoms with E-state index in [1.807, 2.05) is 0 Å². The lowest BCUT2D eigenvalue weighted by Crippen LogP contribution is -2.20. The zero-order valence-electron chi connectivity index (χ0n) is 12.8. The molecule has 0 spiro atoms. The fourth-order valence-electron chi connectivity index (χ4n) is 1.87. The molecule has 0 aliphatic carbocycles. The van der Waals surface area contributed by atoms with Gasteiger partial charge in [-0.3, -0.25) is 20.2 Å². The van der Waals surface area contributed by atoms with Gasteiger partial charge in [-0.2, -0.15) is 0 Å². The van der Waals surface area contributed by atoms with Gasteiger partial charge in [0, 0.05) is 16.7 Å². The SMILES string of the molecule is O=[N+]([O-])c1ccc(OCC(O)CSc2ccc(O)cc2)cc1[N+](=O)[O-]. The number of hydrogen-bond donors (Lipinski definition) is 2. The lowest BCUT2D eigenvalue weighted by atomic mass is 10.2. The van der Waals surface area contributed by atoms with Gasteiger partial charge in [-0.1, -0.05) is 0 Å². The number of ether oxygens (including phenoxy) is 1. The molecule has 0 aliphatic rings. The molecule has 1 atom stereocenters. The molecule has 2 aromatic rings. The van der Waals surface area contributed by atoms with E-state index in [-0.39, 0.29) is 18.1 Å². The summed E-state index contributed by atoms with van der Waals surface area (Å²) in [6.07, 6.45) is -0.854. The van der Waals surface area contributed by atoms with Crippen molar-refractivity contribution in [3.63, 3.8) is 0 Å². The first-order valence-electron chi connectivity index (χ1n) is 7.02. The summed E-state index contributed by atoms with van der Waals surface area (Å²) in [4.78, 5) is 20.8. The van der Waals surface area contributed by atoms with Crippen LogP contribution in [0.2, 0.25) is 0 Å². The highest BCUT2D eigenvalue weighted by molar-refractivity contribution is 7.99. The Morgan fingerprint density at radius 2 is 1.68 bits per heavy atom. The number of nitro groups is 2. The second-order valence-corrected chi connectivity index (χ2v) is 6.03. The van der Waals surface area contributed by atoms with Crippen molar-refractivity contribution in [2.45, 2.75) is 11.0 Å². The van der Waals surface area contributed by atoms with Crippen molar-refractivity contribution in [1.29, 1.82) is 0 Å². The maximum atomic E-state index is 10.9. The van der Waals surface area contributed by atoms with E-state index in [0.717, 1.165) is 17.0 Å². The topological polar surface area (TPSA) is 136 Å². The van der Waals surface area contributed by atoms with Gasteiger partial charge >= 0.3 is 11.4 Å². The number of nitro benzene ring substituents is 2. The van der Waals surface area contributed by atoms with Gasteiger partial charge in [0.1, 0.15) is 18.1 Å². The van der Waals surface area contributed by atoms with Gasteiger partial charge in [-0.25, -0.2) is 0 Å². The van der Waals surface area contributed by atoms with Gasteiger partial charge in [0.15, 0.2) is 0 Å². The third-order valence-corrected chi connectivity index (χ3v) is 4.22. The third-order valence-electron chi connectivity index (χ3n) is 3.06. The van der Waals surface area contributed by atoms with Gasteiger partial charge in [0.25, 0.3) is 0 Å². The van der Waals surface area contributed by atoms with Gasteiger partial charge in [-0.05, 0) is 30.3 Å². The fourth-order valence-corrected chi connectivity index (χ4v) is 2.68. The number of phenolic OH excluding ortho intramolecular Hbond substituents is 1. The first-order chi connectivity index (χ1) is 11.9. The zero-order chi connectivity index (χ0) is 18.4. The lowest BCUT2D eigenvalue weighted by Gasteiger charge is -2.12. The molecular formula is C15H14N2O7S. The fraction of sp³-hybridized carbons (Fsp3) is 0.200. The van der Waals surface area contributed by atoms with E-state index < -0.39 is 27.3 Å². The van der Waals surface area contributed by atoms with Crippen molar-refractivity contribution in [1.82, 2.24) is 0 Å². The predicted octanol–water partition coefficient (Wildman–Crippen LogP) is 2.74. The van der Waals surface area contributed by atoms with Crippen LogP contribution in [0.3, 0.4) is 0 Å². The number of phenols is 1. The van der Waals surface area contributed by atoms with Crippen LogP contribution in [0.25, 0.3) is 0 Å². The molecule has 0 amide bonds. The number of aliphatic hydroxyl groups excluding tert-OH is 1. The van der Waals surface area contributed by atoms with Crippen LogP contribution in [-0.4, -0.2) is 38.5 Å². The van der Waals surface area contributed by atoms with Gasteiger partial charge < -0.3 is 14.9 Å². The Balaban J connectivity index is 1.91. The number of hydrogen-bond acceptors (Lipinski definition) is 8. The van der Waals surface area contributed by atoms with Crippen molar-refractivity contribution in [2.75, 3.05) is 12.4 Å². The van der Waals surface area contributed by atoms with E-state index in [9.17, 15) is 30.4 Å². The highest BCUT2D eigenvalue weighted by Gasteiger charge is 2.24. The number of aliphatic hydroxyl groups is 1. The highest BCUT2D eigenvalue weighted by atomic mass is 32.2. The molecule has 0 heterocycles. The summed E-state index contributed by atoms with van der Waals surface area (Å²) < 4.78 is 5.27. The van der Waals surface area contributed by atoms with Crippen LogP contribution in [0.5, 0.6) is 11.5 Å². The van der Waals surface area contributed by atoms with E-state index in [1.54, 1.807) is 12.1 Å². The molecule has 0 fully saturated rings. The van der Waals surface area contributed by atoms with E-state index >= 15 is 0 Å². The molecule has 10 heteroatoms. The number of benzene rings is 2. The smallest absolute Gasteiger partial charge is 0.349 e. The van der Waals surface area contributed by atoms with Crippen LogP contribution >= 0.6 is 11.8 Å². The van der Waals surface area contributed by atoms with Crippen LogP contribution in [0, 0.1) is 20.2 Å². The van der Waals surface area contributed by atoms with Crippen molar-refractivity contribution in [2.24, 2.45) is 0 Å². The van der Waals surface area contributed by atoms with Crippen molar-refractivity contribution in [3.8, 4) is 11.5 Å². The Kier molecular flexibility index (Phi) is 6.14. The van der Waals surface area contributed by atoms with E-state index in [2.05, 4.69) is 0 Å². The lowest BCUT2D eigenvalue weighted by molar-refractivity contribution is -0.422. The molecule has 132 valence electrons. The number of nitrogens with zero attached hydrogens (tertiary/aromatic N) is 2. The summed E-state index contributed by atoms with van der Waals surface area (Å²) in [6, 6.07) is 9.65. The molecule has 2 aromatic carbocycles. The Hall–Kier alpha value is -2.85. The average molecular weight is 366 g/mol. The average Bonchev–Trinajstić information content (AvgIpc) is 2.59. The van der Waals surface area contributed by atoms with Gasteiger partial charge in [0.05, 0.1) is 22.0 Å². The summed E-state index contributed by atoms with van der Waals surface area (Å²) in [7, 11) is 0. The highest BCUT2D eigenvalue weighted by Crippen LogP contribution is 2.30. The Bertz CT molecular complexity index is 767. The van der Waals surface area contributed by atoms with E-state index in [1.165, 1.54) is 30.0 Å². The van der Waals surface area contributed by atoms with Crippen LogP contribution in [0.15, 0.2) is 47.4 Å². The second-order valence-electron chi connectivity index (χ2n) is 4.93. The molecule has 2 rings (SSSR count). The number of rotatable bonds is 8. The first kappa shape index (κ1) is 18.5. The molecule has 25 heavy (non-hydrogen) atoms. The normalized spacial score (nSPS) is 11.7. The first-order valence-corrected chi connectivity index (χ1v) is 8.01. The maximum absolute atomic E-state index is 10.9. The molecule has 0 bridgehead atoms. The zero-order valence-corrected chi connectivity index (χ0v) is 13.6. The van der Waals surface area contributed by atoms with Crippen molar-refractivity contribution in [3.05, 3.63) is 62.7 Å². The van der Waals surface area contributed by atoms with Gasteiger partial charge in [-0.15, -0.1) is 11.8 Å². The standard InChI is InChI=1S/C15H14N2O7S/c18-10-1-4-13(5-2-10)25-9-11(19)8-24-12-3-6-14(16(20)21)15(7-12)17(22)23/h1-7,11,18-19H,8-9H2. The van der Waals surface area contributed by atoms with Crippen LogP contribution in [-0.2, 0) is 0 Å². The third kappa shape index (κ3) is 5.33. The minimum absolute atomic E-state index is 0.0611. The predicted molar refractivity (Wildman–Crippen MR) is 90.1 cm³/mol. The largest absolute Gasteiger partial charge is 0.508 e. The molecule has 0 aromatic heterocycles. The molecule has 1 unspecified atom stereocenters. The molecule has 9 nitrogen and oxygen atoms in total. The molecule has 0 saturated carbocycles. The monoisotopic (exact) mass is 366 g/mol. The quantitative estimate of drug-likeness (QED) is 0.413. The Morgan fingerprint density at radius 3 is 2.28 bits per heavy atom. The van der Waals surface area contributed by atoms with Crippen molar-refractivity contribution < 1.29 is 24.8 Å². The van der Waals surface area contributed by atoms with Crippen LogP contribution < -0.4 is 4.74 Å². The van der Waals surface area contributed by atoms with Crippen LogP contribution in [0.1, 0.15) is 0 Å². The molecular weight excluding hydrogens is 352 g/mol. The van der Waals surface area contributed by atoms with Crippen LogP contribution in [0.4, 0.5) is 11.4 Å². The molecule has 0 radical (unpaired) electrons. The molecule has 2 N–H and O–H groups in total. The summed E-state index contributed by atoms with van der Waals surface area (Å²) in [6.45, 7) is -0.125. The minimum Gasteiger partial charge on any atom is -0.508 e. The van der Waals surface area contributed by atoms with Gasteiger partial charge in [0.2, 0.25) is 0 Å². The summed E-state index contributed by atoms with van der Waals surface area (Å²) in [5.41, 5.74) is -1.30. The Morgan fingerprint density at radius 1 is 1.04 bits per heavy atom. The summed E-state index contributed by atoms with van der Waals surface area (Å²) in [5, 5.41) is 40.7. The summed E-state index contributed by atoms with van der Waals surface area (Å²) in [5.74, 6) is 0.513. The Labute approximate surface area is 146 Å². The number of aromatic hydroxyl groups is 1. The molecule has 0 saturated heterocycles. The second kappa shape index (κ2) is 8.31. The van der Waals surface area contributed by atoms with E-state index in [4.69, 9.17) is 4.74 Å². The van der Waals surface area contributed by atoms with Crippen molar-refractivity contribution >= 4 is 23.1 Å². The minimum atomic E-state index is -0.859. The number of thioether (sulfide) groups is 1. The summed E-state index contributed by atoms with van der Waals surface area (Å²) >= 11 is 1.35. The van der Waals surface area contributed by atoms with E-state index in [0.29, 0.717) is 5.75 Å². The molecule has 0 aliphatic heterocycles.